The van der Waals surface area contributed by atoms with Crippen LogP contribution in [0.3, 0.4) is 0 Å². The van der Waals surface area contributed by atoms with Crippen molar-refractivity contribution in [2.45, 2.75) is 12.8 Å². The van der Waals surface area contributed by atoms with E-state index in [2.05, 4.69) is 20.5 Å². The molecule has 0 aromatic heterocycles. The van der Waals surface area contributed by atoms with Crippen molar-refractivity contribution < 1.29 is 17.9 Å². The van der Waals surface area contributed by atoms with Gasteiger partial charge in [-0.3, -0.25) is 9.89 Å². The van der Waals surface area contributed by atoms with Crippen LogP contribution >= 0.6 is 24.0 Å². The highest BCUT2D eigenvalue weighted by atomic mass is 127. The van der Waals surface area contributed by atoms with Gasteiger partial charge in [0.2, 0.25) is 0 Å². The predicted molar refractivity (Wildman–Crippen MR) is 114 cm³/mol. The molecule has 2 heterocycles. The summed E-state index contributed by atoms with van der Waals surface area (Å²) in [5.41, 5.74) is 0. The molecular weight excluding hydrogens is 471 g/mol. The number of sulfone groups is 1. The van der Waals surface area contributed by atoms with Crippen molar-refractivity contribution in [3.63, 3.8) is 0 Å². The number of ether oxygens (including phenoxy) is 2. The Balaban J connectivity index is 0.00000338. The number of guanidine groups is 1. The first-order valence-electron chi connectivity index (χ1n) is 9.12. The fraction of sp³-hybridized carbons (Fsp3) is 0.938. The molecule has 0 aromatic rings. The van der Waals surface area contributed by atoms with E-state index in [1.807, 2.05) is 0 Å². The molecule has 2 N–H and O–H groups in total. The van der Waals surface area contributed by atoms with Gasteiger partial charge in [-0.25, -0.2) is 8.42 Å². The molecule has 26 heavy (non-hydrogen) atoms. The zero-order valence-corrected chi connectivity index (χ0v) is 18.8. The summed E-state index contributed by atoms with van der Waals surface area (Å²) in [4.78, 5) is 6.37. The third-order valence-electron chi connectivity index (χ3n) is 4.52. The molecule has 2 aliphatic rings. The third-order valence-corrected chi connectivity index (χ3v) is 6.13. The highest BCUT2D eigenvalue weighted by molar-refractivity contribution is 14.0. The molecule has 2 aliphatic heterocycles. The van der Waals surface area contributed by atoms with Gasteiger partial charge in [-0.1, -0.05) is 0 Å². The van der Waals surface area contributed by atoms with Crippen molar-refractivity contribution in [1.29, 1.82) is 0 Å². The van der Waals surface area contributed by atoms with Gasteiger partial charge in [0.05, 0.1) is 24.7 Å². The van der Waals surface area contributed by atoms with Crippen LogP contribution in [-0.2, 0) is 19.3 Å². The van der Waals surface area contributed by atoms with Crippen LogP contribution in [0.5, 0.6) is 0 Å². The Kier molecular flexibility index (Phi) is 12.0. The van der Waals surface area contributed by atoms with Crippen LogP contribution in [0.2, 0.25) is 0 Å². The Morgan fingerprint density at radius 3 is 2.65 bits per heavy atom. The Bertz CT molecular complexity index is 498. The number of nitrogens with one attached hydrogen (secondary N) is 2. The van der Waals surface area contributed by atoms with E-state index >= 15 is 0 Å². The fourth-order valence-corrected chi connectivity index (χ4v) is 4.15. The molecule has 154 valence electrons. The lowest BCUT2D eigenvalue weighted by Crippen LogP contribution is -2.46. The zero-order valence-electron chi connectivity index (χ0n) is 15.6. The minimum absolute atomic E-state index is 0. The van der Waals surface area contributed by atoms with Gasteiger partial charge in [0.25, 0.3) is 0 Å². The number of hydrogen-bond donors (Lipinski definition) is 2. The molecule has 2 fully saturated rings. The fourth-order valence-electron chi connectivity index (χ4n) is 2.87. The number of halogens is 1. The van der Waals surface area contributed by atoms with E-state index in [0.29, 0.717) is 19.0 Å². The maximum atomic E-state index is 11.4. The second-order valence-electron chi connectivity index (χ2n) is 6.58. The van der Waals surface area contributed by atoms with Crippen LogP contribution in [-0.4, -0.2) is 97.0 Å². The van der Waals surface area contributed by atoms with Crippen molar-refractivity contribution in [2.24, 2.45) is 10.9 Å². The predicted octanol–water partition coefficient (Wildman–Crippen LogP) is -0.0570. The average Bonchev–Trinajstić information content (AvgIpc) is 3.11. The molecule has 0 radical (unpaired) electrons. The van der Waals surface area contributed by atoms with E-state index in [-0.39, 0.29) is 35.5 Å². The summed E-state index contributed by atoms with van der Waals surface area (Å²) in [7, 11) is -1.05. The zero-order chi connectivity index (χ0) is 18.0. The lowest BCUT2D eigenvalue weighted by Gasteiger charge is -2.26. The van der Waals surface area contributed by atoms with Gasteiger partial charge in [0.15, 0.2) is 15.8 Å². The van der Waals surface area contributed by atoms with Crippen molar-refractivity contribution in [1.82, 2.24) is 15.5 Å². The van der Waals surface area contributed by atoms with Gasteiger partial charge in [0.1, 0.15) is 0 Å². The van der Waals surface area contributed by atoms with Crippen molar-refractivity contribution in [3.05, 3.63) is 0 Å². The second-order valence-corrected chi connectivity index (χ2v) is 8.88. The monoisotopic (exact) mass is 504 g/mol. The van der Waals surface area contributed by atoms with Gasteiger partial charge in [-0.05, 0) is 12.8 Å². The van der Waals surface area contributed by atoms with Crippen LogP contribution in [0, 0.1) is 5.92 Å². The smallest absolute Gasteiger partial charge is 0.191 e. The van der Waals surface area contributed by atoms with E-state index in [9.17, 15) is 8.42 Å². The summed E-state index contributed by atoms with van der Waals surface area (Å²) in [6.45, 7) is 6.85. The van der Waals surface area contributed by atoms with Gasteiger partial charge in [0, 0.05) is 58.9 Å². The number of aliphatic imine (C=N–C) groups is 1. The minimum Gasteiger partial charge on any atom is -0.381 e. The SMILES string of the molecule is CN=C(NCCCOCC1CCOC1)NCCN1CCS(=O)(=O)CC1.I. The second kappa shape index (κ2) is 13.1. The molecule has 0 amide bonds. The molecule has 0 spiro atoms. The first-order valence-corrected chi connectivity index (χ1v) is 10.9. The lowest BCUT2D eigenvalue weighted by molar-refractivity contribution is 0.0888. The molecular formula is C16H33IN4O4S. The average molecular weight is 504 g/mol. The maximum Gasteiger partial charge on any atom is 0.191 e. The number of nitrogens with zero attached hydrogens (tertiary/aromatic N) is 2. The molecule has 2 saturated heterocycles. The number of hydrogen-bond acceptors (Lipinski definition) is 6. The first kappa shape index (κ1) is 23.9. The van der Waals surface area contributed by atoms with Crippen molar-refractivity contribution in [2.75, 3.05) is 77.7 Å². The van der Waals surface area contributed by atoms with Crippen LogP contribution in [0.1, 0.15) is 12.8 Å². The van der Waals surface area contributed by atoms with Crippen molar-refractivity contribution >= 4 is 39.8 Å². The summed E-state index contributed by atoms with van der Waals surface area (Å²) in [6.07, 6.45) is 2.04. The van der Waals surface area contributed by atoms with Gasteiger partial charge in [-0.15, -0.1) is 24.0 Å². The van der Waals surface area contributed by atoms with Crippen LogP contribution < -0.4 is 10.6 Å². The highest BCUT2D eigenvalue weighted by Gasteiger charge is 2.20. The molecule has 8 nitrogen and oxygen atoms in total. The normalized spacial score (nSPS) is 23.4. The molecule has 1 unspecified atom stereocenters. The van der Waals surface area contributed by atoms with Crippen LogP contribution in [0.25, 0.3) is 0 Å². The molecule has 0 bridgehead atoms. The first-order chi connectivity index (χ1) is 12.1. The molecule has 0 aromatic carbocycles. The molecule has 2 rings (SSSR count). The summed E-state index contributed by atoms with van der Waals surface area (Å²) in [5.74, 6) is 1.88. The molecule has 0 aliphatic carbocycles. The van der Waals surface area contributed by atoms with Gasteiger partial charge < -0.3 is 20.1 Å². The standard InChI is InChI=1S/C16H32N4O4S.HI/c1-17-16(18-4-2-9-23-13-15-3-10-24-14-15)19-5-6-20-7-11-25(21,22)12-8-20;/h15H,2-14H2,1H3,(H2,17,18,19);1H. The largest absolute Gasteiger partial charge is 0.381 e. The quantitative estimate of drug-likeness (QED) is 0.197. The summed E-state index contributed by atoms with van der Waals surface area (Å²) in [6, 6.07) is 0. The Hall–Kier alpha value is -0.170. The topological polar surface area (TPSA) is 92.3 Å². The van der Waals surface area contributed by atoms with Crippen LogP contribution in [0.4, 0.5) is 0 Å². The summed E-state index contributed by atoms with van der Waals surface area (Å²) >= 11 is 0. The van der Waals surface area contributed by atoms with Gasteiger partial charge >= 0.3 is 0 Å². The maximum absolute atomic E-state index is 11.4. The number of rotatable bonds is 9. The Labute approximate surface area is 174 Å². The van der Waals surface area contributed by atoms with Gasteiger partial charge in [-0.2, -0.15) is 0 Å². The van der Waals surface area contributed by atoms with E-state index in [4.69, 9.17) is 9.47 Å². The van der Waals surface area contributed by atoms with Crippen molar-refractivity contribution in [3.8, 4) is 0 Å². The molecule has 10 heteroatoms. The lowest BCUT2D eigenvalue weighted by atomic mass is 10.1. The van der Waals surface area contributed by atoms with E-state index in [0.717, 1.165) is 64.9 Å². The molecule has 1 atom stereocenters. The van der Waals surface area contributed by atoms with Crippen LogP contribution in [0.15, 0.2) is 4.99 Å². The summed E-state index contributed by atoms with van der Waals surface area (Å²) < 4.78 is 33.8. The molecule has 0 saturated carbocycles. The third kappa shape index (κ3) is 9.67. The Morgan fingerprint density at radius 2 is 2.00 bits per heavy atom. The van der Waals surface area contributed by atoms with E-state index in [1.54, 1.807) is 7.05 Å². The van der Waals surface area contributed by atoms with E-state index < -0.39 is 9.84 Å². The minimum atomic E-state index is -2.80. The Morgan fingerprint density at radius 1 is 1.27 bits per heavy atom. The summed E-state index contributed by atoms with van der Waals surface area (Å²) in [5, 5.41) is 6.53. The highest BCUT2D eigenvalue weighted by Crippen LogP contribution is 2.12. The van der Waals surface area contributed by atoms with E-state index in [1.165, 1.54) is 0 Å².